The Morgan fingerprint density at radius 2 is 2.00 bits per heavy atom. The van der Waals surface area contributed by atoms with E-state index >= 15 is 0 Å². The number of aliphatic carboxylic acids is 1. The van der Waals surface area contributed by atoms with Crippen LogP contribution >= 0.6 is 23.2 Å². The van der Waals surface area contributed by atoms with E-state index in [4.69, 9.17) is 28.3 Å². The van der Waals surface area contributed by atoms with Crippen LogP contribution in [0.3, 0.4) is 0 Å². The highest BCUT2D eigenvalue weighted by Crippen LogP contribution is 2.34. The smallest absolute Gasteiger partial charge is 0.328 e. The molecule has 0 aliphatic heterocycles. The molecule has 1 aromatic carbocycles. The van der Waals surface area contributed by atoms with Crippen molar-refractivity contribution in [3.05, 3.63) is 43.9 Å². The monoisotopic (exact) mass is 261 g/mol. The van der Waals surface area contributed by atoms with Crippen molar-refractivity contribution in [1.29, 1.82) is 0 Å². The summed E-state index contributed by atoms with van der Waals surface area (Å²) in [6, 6.07) is 2.49. The van der Waals surface area contributed by atoms with Crippen LogP contribution in [0.15, 0.2) is 18.2 Å². The predicted octanol–water partition coefficient (Wildman–Crippen LogP) is 3.00. The molecule has 0 aliphatic carbocycles. The number of nitro benzene ring substituents is 1. The van der Waals surface area contributed by atoms with E-state index in [0.29, 0.717) is 5.56 Å². The summed E-state index contributed by atoms with van der Waals surface area (Å²) in [5, 5.41) is 18.7. The molecule has 1 N–H and O–H groups in total. The lowest BCUT2D eigenvalue weighted by molar-refractivity contribution is -0.384. The van der Waals surface area contributed by atoms with Gasteiger partial charge in [-0.25, -0.2) is 4.79 Å². The average Bonchev–Trinajstić information content (AvgIpc) is 2.19. The van der Waals surface area contributed by atoms with E-state index in [-0.39, 0.29) is 15.7 Å². The zero-order valence-corrected chi connectivity index (χ0v) is 9.20. The van der Waals surface area contributed by atoms with Gasteiger partial charge in [0.1, 0.15) is 5.02 Å². The van der Waals surface area contributed by atoms with Crippen LogP contribution in [0.5, 0.6) is 0 Å². The van der Waals surface area contributed by atoms with E-state index < -0.39 is 10.9 Å². The highest BCUT2D eigenvalue weighted by Gasteiger charge is 2.16. The Morgan fingerprint density at radius 3 is 2.50 bits per heavy atom. The van der Waals surface area contributed by atoms with E-state index in [9.17, 15) is 14.9 Å². The number of benzene rings is 1. The molecule has 0 aromatic heterocycles. The van der Waals surface area contributed by atoms with E-state index in [0.717, 1.165) is 12.1 Å². The quantitative estimate of drug-likeness (QED) is 0.515. The Morgan fingerprint density at radius 1 is 1.38 bits per heavy atom. The maximum atomic E-state index is 10.5. The molecule has 0 aliphatic rings. The second-order valence-electron chi connectivity index (χ2n) is 2.73. The number of hydrogen-bond acceptors (Lipinski definition) is 3. The maximum Gasteiger partial charge on any atom is 0.328 e. The van der Waals surface area contributed by atoms with Crippen molar-refractivity contribution in [2.24, 2.45) is 0 Å². The molecule has 0 atom stereocenters. The molecule has 0 fully saturated rings. The van der Waals surface area contributed by atoms with Crippen LogP contribution in [0, 0.1) is 10.1 Å². The number of carboxylic acids is 1. The highest BCUT2D eigenvalue weighted by molar-refractivity contribution is 6.44. The van der Waals surface area contributed by atoms with Crippen molar-refractivity contribution in [1.82, 2.24) is 0 Å². The molecular formula is C9H5Cl2NO4. The van der Waals surface area contributed by atoms with Crippen molar-refractivity contribution >= 4 is 40.9 Å². The summed E-state index contributed by atoms with van der Waals surface area (Å²) in [6.07, 6.45) is 2.07. The highest BCUT2D eigenvalue weighted by atomic mass is 35.5. The summed E-state index contributed by atoms with van der Waals surface area (Å²) in [6.45, 7) is 0. The molecule has 0 unspecified atom stereocenters. The van der Waals surface area contributed by atoms with Crippen LogP contribution < -0.4 is 0 Å². The second kappa shape index (κ2) is 4.96. The standard InChI is InChI=1S/C9H5Cl2NO4/c10-8-5(2-4-7(13)14)1-3-6(9(8)11)12(15)16/h1-4H,(H,13,14)/b4-2+. The first-order valence-corrected chi connectivity index (χ1v) is 4.72. The van der Waals surface area contributed by atoms with Gasteiger partial charge in [-0.15, -0.1) is 0 Å². The lowest BCUT2D eigenvalue weighted by Gasteiger charge is -2.01. The Hall–Kier alpha value is -1.59. The summed E-state index contributed by atoms with van der Waals surface area (Å²) in [4.78, 5) is 20.1. The number of hydrogen-bond donors (Lipinski definition) is 1. The Bertz CT molecular complexity index is 485. The third kappa shape index (κ3) is 2.71. The van der Waals surface area contributed by atoms with Gasteiger partial charge in [0.05, 0.1) is 9.95 Å². The Labute approximate surface area is 100 Å². The largest absolute Gasteiger partial charge is 0.478 e. The number of halogens is 2. The Balaban J connectivity index is 3.22. The lowest BCUT2D eigenvalue weighted by atomic mass is 10.2. The van der Waals surface area contributed by atoms with E-state index in [1.165, 1.54) is 12.1 Å². The first-order valence-electron chi connectivity index (χ1n) is 3.97. The summed E-state index contributed by atoms with van der Waals surface area (Å²) < 4.78 is 0. The van der Waals surface area contributed by atoms with Crippen molar-refractivity contribution in [2.45, 2.75) is 0 Å². The second-order valence-corrected chi connectivity index (χ2v) is 3.49. The molecular weight excluding hydrogens is 257 g/mol. The molecule has 84 valence electrons. The Kier molecular flexibility index (Phi) is 3.87. The third-order valence-corrected chi connectivity index (χ3v) is 2.58. The van der Waals surface area contributed by atoms with E-state index in [1.807, 2.05) is 0 Å². The van der Waals surface area contributed by atoms with Crippen LogP contribution in [0.1, 0.15) is 5.56 Å². The minimum absolute atomic E-state index is 0.0478. The van der Waals surface area contributed by atoms with Crippen LogP contribution in [-0.4, -0.2) is 16.0 Å². The van der Waals surface area contributed by atoms with Gasteiger partial charge in [-0.2, -0.15) is 0 Å². The van der Waals surface area contributed by atoms with Gasteiger partial charge in [0.2, 0.25) is 0 Å². The van der Waals surface area contributed by atoms with Gasteiger partial charge < -0.3 is 5.11 Å². The fraction of sp³-hybridized carbons (Fsp3) is 0. The van der Waals surface area contributed by atoms with Crippen molar-refractivity contribution in [3.63, 3.8) is 0 Å². The fourth-order valence-corrected chi connectivity index (χ4v) is 1.45. The van der Waals surface area contributed by atoms with Crippen molar-refractivity contribution in [2.75, 3.05) is 0 Å². The zero-order chi connectivity index (χ0) is 12.3. The van der Waals surface area contributed by atoms with Gasteiger partial charge in [0, 0.05) is 12.1 Å². The number of nitrogens with zero attached hydrogens (tertiary/aromatic N) is 1. The first-order chi connectivity index (χ1) is 7.43. The van der Waals surface area contributed by atoms with Gasteiger partial charge in [-0.3, -0.25) is 10.1 Å². The van der Waals surface area contributed by atoms with Crippen molar-refractivity contribution < 1.29 is 14.8 Å². The normalized spacial score (nSPS) is 10.6. The molecule has 0 amide bonds. The molecule has 0 heterocycles. The summed E-state index contributed by atoms with van der Waals surface area (Å²) in [5.41, 5.74) is -0.0150. The number of carbonyl (C=O) groups is 1. The minimum Gasteiger partial charge on any atom is -0.478 e. The SMILES string of the molecule is O=C(O)/C=C/c1ccc([N+](=O)[O-])c(Cl)c1Cl. The van der Waals surface area contributed by atoms with E-state index in [2.05, 4.69) is 0 Å². The molecule has 0 saturated heterocycles. The van der Waals surface area contributed by atoms with Gasteiger partial charge in [0.15, 0.2) is 0 Å². The first kappa shape index (κ1) is 12.5. The summed E-state index contributed by atoms with van der Waals surface area (Å²) in [5.74, 6) is -1.15. The van der Waals surface area contributed by atoms with Gasteiger partial charge >= 0.3 is 5.97 Å². The molecule has 7 heteroatoms. The lowest BCUT2D eigenvalue weighted by Crippen LogP contribution is -1.91. The molecule has 1 rings (SSSR count). The van der Waals surface area contributed by atoms with Gasteiger partial charge in [-0.1, -0.05) is 23.2 Å². The molecule has 1 aromatic rings. The van der Waals surface area contributed by atoms with Crippen LogP contribution in [0.4, 0.5) is 5.69 Å². The molecule has 5 nitrogen and oxygen atoms in total. The minimum atomic E-state index is -1.15. The van der Waals surface area contributed by atoms with E-state index in [1.54, 1.807) is 0 Å². The van der Waals surface area contributed by atoms with Gasteiger partial charge in [-0.05, 0) is 17.7 Å². The van der Waals surface area contributed by atoms with Crippen LogP contribution in [-0.2, 0) is 4.79 Å². The molecule has 0 spiro atoms. The third-order valence-electron chi connectivity index (χ3n) is 1.69. The topological polar surface area (TPSA) is 80.4 Å². The van der Waals surface area contributed by atoms with Gasteiger partial charge in [0.25, 0.3) is 5.69 Å². The fourth-order valence-electron chi connectivity index (χ4n) is 0.985. The molecule has 0 radical (unpaired) electrons. The summed E-state index contributed by atoms with van der Waals surface area (Å²) in [7, 11) is 0. The number of nitro groups is 1. The van der Waals surface area contributed by atoms with Crippen molar-refractivity contribution in [3.8, 4) is 0 Å². The maximum absolute atomic E-state index is 10.5. The average molecular weight is 262 g/mol. The zero-order valence-electron chi connectivity index (χ0n) is 7.68. The van der Waals surface area contributed by atoms with Crippen LogP contribution in [0.2, 0.25) is 10.0 Å². The summed E-state index contributed by atoms with van der Waals surface area (Å²) >= 11 is 11.4. The predicted molar refractivity (Wildman–Crippen MR) is 59.8 cm³/mol. The molecule has 0 bridgehead atoms. The molecule has 0 saturated carbocycles. The number of rotatable bonds is 3. The van der Waals surface area contributed by atoms with Crippen LogP contribution in [0.25, 0.3) is 6.08 Å². The molecule has 16 heavy (non-hydrogen) atoms. The number of carboxylic acid groups (broad SMARTS) is 1.